The van der Waals surface area contributed by atoms with Gasteiger partial charge in [-0.05, 0) is 73.8 Å². The van der Waals surface area contributed by atoms with Crippen molar-refractivity contribution in [3.05, 3.63) is 65.5 Å². The number of primary amides is 1. The second kappa shape index (κ2) is 10.7. The number of amides is 3. The van der Waals surface area contributed by atoms with E-state index in [0.717, 1.165) is 37.1 Å². The van der Waals surface area contributed by atoms with Crippen molar-refractivity contribution < 1.29 is 19.5 Å². The fourth-order valence-electron chi connectivity index (χ4n) is 5.30. The number of nitrogens with zero attached hydrogens (tertiary/aromatic N) is 3. The third kappa shape index (κ3) is 5.38. The highest BCUT2D eigenvalue weighted by Crippen LogP contribution is 2.39. The highest BCUT2D eigenvalue weighted by molar-refractivity contribution is 5.94. The van der Waals surface area contributed by atoms with Crippen molar-refractivity contribution in [2.45, 2.75) is 44.6 Å². The van der Waals surface area contributed by atoms with Gasteiger partial charge in [-0.15, -0.1) is 0 Å². The molecule has 2 aromatic rings. The summed E-state index contributed by atoms with van der Waals surface area (Å²) in [6, 6.07) is 11.0. The number of nitrogens with two attached hydrogens (primary N) is 1. The lowest BCUT2D eigenvalue weighted by Gasteiger charge is -2.42. The van der Waals surface area contributed by atoms with E-state index in [0.29, 0.717) is 24.8 Å². The number of carbonyl (C=O) groups excluding carboxylic acids is 2. The summed E-state index contributed by atoms with van der Waals surface area (Å²) in [5.74, 6) is -1.03. The summed E-state index contributed by atoms with van der Waals surface area (Å²) in [7, 11) is 0. The van der Waals surface area contributed by atoms with Gasteiger partial charge in [0.25, 0.3) is 5.91 Å². The van der Waals surface area contributed by atoms with Crippen molar-refractivity contribution in [1.29, 1.82) is 0 Å². The zero-order valence-corrected chi connectivity index (χ0v) is 19.3. The number of carboxylic acid groups (broad SMARTS) is 1. The van der Waals surface area contributed by atoms with Gasteiger partial charge in [0.15, 0.2) is 0 Å². The van der Waals surface area contributed by atoms with Gasteiger partial charge in [0, 0.05) is 37.6 Å². The van der Waals surface area contributed by atoms with Gasteiger partial charge in [0.1, 0.15) is 0 Å². The number of likely N-dealkylation sites (tertiary alicyclic amines) is 2. The zero-order valence-electron chi connectivity index (χ0n) is 19.3. The average molecular weight is 465 g/mol. The van der Waals surface area contributed by atoms with Crippen molar-refractivity contribution >= 4 is 17.9 Å². The maximum atomic E-state index is 12.9. The Morgan fingerprint density at radius 2 is 1.88 bits per heavy atom. The molecule has 3 atom stereocenters. The summed E-state index contributed by atoms with van der Waals surface area (Å²) >= 11 is 0. The van der Waals surface area contributed by atoms with Crippen LogP contribution in [-0.2, 0) is 11.2 Å². The van der Waals surface area contributed by atoms with Crippen LogP contribution < -0.4 is 5.73 Å². The van der Waals surface area contributed by atoms with E-state index in [1.165, 1.54) is 11.3 Å². The Morgan fingerprint density at radius 3 is 2.56 bits per heavy atom. The smallest absolute Gasteiger partial charge is 0.407 e. The SMILES string of the molecule is NC(=O)C1CN(C(=O)O)C(c2cccnc2)CC1CCc1cccc(C(=O)N2CCCCC2)c1. The molecule has 2 fully saturated rings. The molecule has 34 heavy (non-hydrogen) atoms. The molecule has 2 aliphatic heterocycles. The first-order valence-electron chi connectivity index (χ1n) is 12.0. The van der Waals surface area contributed by atoms with Gasteiger partial charge in [0.2, 0.25) is 5.91 Å². The molecule has 3 heterocycles. The number of benzene rings is 1. The Hall–Kier alpha value is -3.42. The number of piperidine rings is 2. The Morgan fingerprint density at radius 1 is 1.09 bits per heavy atom. The fourth-order valence-corrected chi connectivity index (χ4v) is 5.30. The minimum Gasteiger partial charge on any atom is -0.465 e. The van der Waals surface area contributed by atoms with Crippen LogP contribution in [0.1, 0.15) is 59.6 Å². The van der Waals surface area contributed by atoms with Crippen LogP contribution in [0.25, 0.3) is 0 Å². The highest BCUT2D eigenvalue weighted by Gasteiger charge is 2.41. The van der Waals surface area contributed by atoms with E-state index in [4.69, 9.17) is 5.73 Å². The van der Waals surface area contributed by atoms with Gasteiger partial charge in [-0.3, -0.25) is 14.6 Å². The fraction of sp³-hybridized carbons (Fsp3) is 0.462. The Balaban J connectivity index is 1.49. The molecule has 2 saturated heterocycles. The van der Waals surface area contributed by atoms with Gasteiger partial charge in [-0.1, -0.05) is 18.2 Å². The quantitative estimate of drug-likeness (QED) is 0.679. The molecule has 1 aromatic heterocycles. The van der Waals surface area contributed by atoms with E-state index in [1.807, 2.05) is 35.2 Å². The molecular formula is C26H32N4O4. The van der Waals surface area contributed by atoms with E-state index < -0.39 is 17.9 Å². The van der Waals surface area contributed by atoms with Crippen molar-refractivity contribution in [3.8, 4) is 0 Å². The summed E-state index contributed by atoms with van der Waals surface area (Å²) in [4.78, 5) is 44.5. The van der Waals surface area contributed by atoms with Gasteiger partial charge in [-0.25, -0.2) is 4.79 Å². The van der Waals surface area contributed by atoms with Crippen LogP contribution in [0.2, 0.25) is 0 Å². The Kier molecular flexibility index (Phi) is 7.45. The normalized spacial score (nSPS) is 22.9. The van der Waals surface area contributed by atoms with Gasteiger partial charge < -0.3 is 20.6 Å². The second-order valence-electron chi connectivity index (χ2n) is 9.33. The summed E-state index contributed by atoms with van der Waals surface area (Å²) in [5, 5.41) is 9.77. The third-order valence-corrected chi connectivity index (χ3v) is 7.17. The number of aryl methyl sites for hydroxylation is 1. The minimum atomic E-state index is -1.07. The van der Waals surface area contributed by atoms with E-state index in [-0.39, 0.29) is 24.4 Å². The van der Waals surface area contributed by atoms with Gasteiger partial charge >= 0.3 is 6.09 Å². The summed E-state index contributed by atoms with van der Waals surface area (Å²) < 4.78 is 0. The van der Waals surface area contributed by atoms with Crippen LogP contribution in [0, 0.1) is 11.8 Å². The van der Waals surface area contributed by atoms with Crippen LogP contribution in [0.3, 0.4) is 0 Å². The predicted molar refractivity (Wildman–Crippen MR) is 127 cm³/mol. The number of pyridine rings is 1. The summed E-state index contributed by atoms with van der Waals surface area (Å²) in [6.07, 6.45) is 7.39. The number of hydrogen-bond donors (Lipinski definition) is 2. The number of aromatic nitrogens is 1. The largest absolute Gasteiger partial charge is 0.465 e. The molecule has 3 unspecified atom stereocenters. The van der Waals surface area contributed by atoms with Crippen molar-refractivity contribution in [1.82, 2.24) is 14.8 Å². The summed E-state index contributed by atoms with van der Waals surface area (Å²) in [6.45, 7) is 1.69. The molecule has 1 aromatic carbocycles. The molecule has 0 aliphatic carbocycles. The molecule has 180 valence electrons. The van der Waals surface area contributed by atoms with Gasteiger partial charge in [-0.2, -0.15) is 0 Å². The monoisotopic (exact) mass is 464 g/mol. The summed E-state index contributed by atoms with van der Waals surface area (Å²) in [5.41, 5.74) is 8.24. The average Bonchev–Trinajstić information content (AvgIpc) is 2.87. The first-order valence-corrected chi connectivity index (χ1v) is 12.0. The van der Waals surface area contributed by atoms with E-state index in [1.54, 1.807) is 18.5 Å². The predicted octanol–water partition coefficient (Wildman–Crippen LogP) is 3.48. The molecule has 3 amide bonds. The standard InChI is InChI=1S/C26H32N4O4/c27-24(31)22-17-30(26(33)34)23(21-8-5-11-28-16-21)15-19(22)10-9-18-6-4-7-20(14-18)25(32)29-12-2-1-3-13-29/h4-8,11,14,16,19,22-23H,1-3,9-10,12-13,15,17H2,(H2,27,31)(H,33,34). The van der Waals surface area contributed by atoms with Crippen LogP contribution >= 0.6 is 0 Å². The molecule has 0 spiro atoms. The van der Waals surface area contributed by atoms with E-state index in [9.17, 15) is 19.5 Å². The van der Waals surface area contributed by atoms with Crippen molar-refractivity contribution in [2.24, 2.45) is 17.6 Å². The van der Waals surface area contributed by atoms with Crippen LogP contribution in [0.15, 0.2) is 48.8 Å². The first kappa shape index (κ1) is 23.7. The number of hydrogen-bond acceptors (Lipinski definition) is 4. The third-order valence-electron chi connectivity index (χ3n) is 7.17. The minimum absolute atomic E-state index is 0.0697. The van der Waals surface area contributed by atoms with E-state index in [2.05, 4.69) is 4.98 Å². The zero-order chi connectivity index (χ0) is 24.1. The molecule has 0 saturated carbocycles. The lowest BCUT2D eigenvalue weighted by molar-refractivity contribution is -0.126. The van der Waals surface area contributed by atoms with Crippen molar-refractivity contribution in [3.63, 3.8) is 0 Å². The first-order chi connectivity index (χ1) is 16.4. The maximum Gasteiger partial charge on any atom is 0.407 e. The number of carbonyl (C=O) groups is 3. The van der Waals surface area contributed by atoms with Gasteiger partial charge in [0.05, 0.1) is 12.0 Å². The molecule has 0 bridgehead atoms. The van der Waals surface area contributed by atoms with E-state index >= 15 is 0 Å². The Labute approximate surface area is 199 Å². The van der Waals surface area contributed by atoms with Crippen LogP contribution in [-0.4, -0.2) is 57.4 Å². The molecule has 8 nitrogen and oxygen atoms in total. The lowest BCUT2D eigenvalue weighted by Crippen LogP contribution is -2.49. The Bertz CT molecular complexity index is 1020. The molecular weight excluding hydrogens is 432 g/mol. The maximum absolute atomic E-state index is 12.9. The lowest BCUT2D eigenvalue weighted by atomic mass is 9.77. The molecule has 0 radical (unpaired) electrons. The van der Waals surface area contributed by atoms with Crippen molar-refractivity contribution in [2.75, 3.05) is 19.6 Å². The van der Waals surface area contributed by atoms with Crippen LogP contribution in [0.4, 0.5) is 4.79 Å². The molecule has 4 rings (SSSR count). The van der Waals surface area contributed by atoms with Crippen LogP contribution in [0.5, 0.6) is 0 Å². The molecule has 8 heteroatoms. The number of rotatable bonds is 6. The molecule has 3 N–H and O–H groups in total. The topological polar surface area (TPSA) is 117 Å². The highest BCUT2D eigenvalue weighted by atomic mass is 16.4. The molecule has 2 aliphatic rings. The second-order valence-corrected chi connectivity index (χ2v) is 9.33.